The van der Waals surface area contributed by atoms with E-state index in [0.29, 0.717) is 36.4 Å². The second kappa shape index (κ2) is 9.89. The first kappa shape index (κ1) is 24.8. The van der Waals surface area contributed by atoms with E-state index < -0.39 is 5.60 Å². The molecule has 192 valence electrons. The SMILES string of the molecule is CC1CCCCN1c1ccc(-c2nc(-c3ccc4c(c3)CCN(C(=O)OC(C)(C)C)C4)no2)cc1C#N. The Labute approximate surface area is 217 Å². The number of anilines is 1. The van der Waals surface area contributed by atoms with Gasteiger partial charge in [-0.15, -0.1) is 0 Å². The van der Waals surface area contributed by atoms with Crippen molar-refractivity contribution in [2.45, 2.75) is 71.6 Å². The number of hydrogen-bond acceptors (Lipinski definition) is 7. The highest BCUT2D eigenvalue weighted by Gasteiger charge is 2.26. The third-order valence-electron chi connectivity index (χ3n) is 7.03. The molecule has 2 aliphatic rings. The second-order valence-electron chi connectivity index (χ2n) is 10.9. The lowest BCUT2D eigenvalue weighted by Gasteiger charge is -2.36. The smallest absolute Gasteiger partial charge is 0.410 e. The molecule has 1 fully saturated rings. The summed E-state index contributed by atoms with van der Waals surface area (Å²) in [6.07, 6.45) is 3.95. The van der Waals surface area contributed by atoms with Gasteiger partial charge >= 0.3 is 6.09 Å². The summed E-state index contributed by atoms with van der Waals surface area (Å²) in [4.78, 5) is 21.2. The minimum absolute atomic E-state index is 0.289. The maximum atomic E-state index is 12.5. The summed E-state index contributed by atoms with van der Waals surface area (Å²) < 4.78 is 11.1. The standard InChI is InChI=1S/C29H33N5O3/c1-19-7-5-6-13-34(19)25-11-10-22(16-24(25)17-30)27-31-26(32-37-27)21-8-9-23-18-33(14-12-20(23)15-21)28(35)36-29(2,3)4/h8-11,15-16,19H,5-7,12-14,18H2,1-4H3. The third kappa shape index (κ3) is 5.31. The number of ether oxygens (including phenoxy) is 1. The number of aromatic nitrogens is 2. The number of piperidine rings is 1. The number of benzene rings is 2. The molecule has 1 amide bonds. The van der Waals surface area contributed by atoms with Gasteiger partial charge < -0.3 is 19.1 Å². The van der Waals surface area contributed by atoms with Crippen LogP contribution in [0.1, 0.15) is 63.6 Å². The molecule has 0 radical (unpaired) electrons. The molecule has 0 spiro atoms. The zero-order valence-electron chi connectivity index (χ0n) is 22.0. The quantitative estimate of drug-likeness (QED) is 0.439. The molecule has 0 bridgehead atoms. The predicted molar refractivity (Wildman–Crippen MR) is 141 cm³/mol. The monoisotopic (exact) mass is 499 g/mol. The Morgan fingerprint density at radius 2 is 1.92 bits per heavy atom. The van der Waals surface area contributed by atoms with Crippen molar-refractivity contribution in [3.05, 3.63) is 53.1 Å². The number of amides is 1. The molecule has 0 N–H and O–H groups in total. The van der Waals surface area contributed by atoms with Gasteiger partial charge in [0.05, 0.1) is 11.3 Å². The van der Waals surface area contributed by atoms with Gasteiger partial charge in [-0.1, -0.05) is 17.3 Å². The van der Waals surface area contributed by atoms with Gasteiger partial charge in [-0.2, -0.15) is 10.2 Å². The van der Waals surface area contributed by atoms with E-state index in [2.05, 4.69) is 34.1 Å². The molecule has 2 aromatic carbocycles. The number of carbonyl (C=O) groups excluding carboxylic acids is 1. The lowest BCUT2D eigenvalue weighted by Crippen LogP contribution is -2.39. The average Bonchev–Trinajstić information content (AvgIpc) is 3.37. The number of hydrogen-bond donors (Lipinski definition) is 0. The lowest BCUT2D eigenvalue weighted by atomic mass is 9.97. The summed E-state index contributed by atoms with van der Waals surface area (Å²) in [5.74, 6) is 0.887. The third-order valence-corrected chi connectivity index (χ3v) is 7.03. The molecule has 0 aliphatic carbocycles. The van der Waals surface area contributed by atoms with Crippen LogP contribution in [-0.2, 0) is 17.7 Å². The molecule has 1 aromatic heterocycles. The molecular formula is C29H33N5O3. The maximum absolute atomic E-state index is 12.5. The van der Waals surface area contributed by atoms with Crippen LogP contribution in [0.15, 0.2) is 40.9 Å². The van der Waals surface area contributed by atoms with E-state index in [4.69, 9.17) is 9.26 Å². The van der Waals surface area contributed by atoms with Crippen molar-refractivity contribution in [2.24, 2.45) is 0 Å². The van der Waals surface area contributed by atoms with Crippen molar-refractivity contribution in [3.63, 3.8) is 0 Å². The van der Waals surface area contributed by atoms with Crippen molar-refractivity contribution in [3.8, 4) is 28.9 Å². The summed E-state index contributed by atoms with van der Waals surface area (Å²) in [6, 6.07) is 14.6. The molecule has 37 heavy (non-hydrogen) atoms. The first-order valence-corrected chi connectivity index (χ1v) is 13.0. The average molecular weight is 500 g/mol. The first-order valence-electron chi connectivity index (χ1n) is 13.0. The van der Waals surface area contributed by atoms with E-state index in [9.17, 15) is 10.1 Å². The molecule has 1 atom stereocenters. The highest BCUT2D eigenvalue weighted by Crippen LogP contribution is 2.32. The molecule has 3 heterocycles. The first-order chi connectivity index (χ1) is 17.7. The summed E-state index contributed by atoms with van der Waals surface area (Å²) in [7, 11) is 0. The highest BCUT2D eigenvalue weighted by atomic mass is 16.6. The highest BCUT2D eigenvalue weighted by molar-refractivity contribution is 5.70. The predicted octanol–water partition coefficient (Wildman–Crippen LogP) is 5.95. The summed E-state index contributed by atoms with van der Waals surface area (Å²) in [6.45, 7) is 9.92. The summed E-state index contributed by atoms with van der Waals surface area (Å²) in [5.41, 5.74) is 4.91. The second-order valence-corrected chi connectivity index (χ2v) is 10.9. The number of carbonyl (C=O) groups is 1. The van der Waals surface area contributed by atoms with Gasteiger partial charge in [-0.05, 0) is 88.8 Å². The number of rotatable bonds is 3. The van der Waals surface area contributed by atoms with Crippen LogP contribution in [0.4, 0.5) is 10.5 Å². The lowest BCUT2D eigenvalue weighted by molar-refractivity contribution is 0.0224. The molecule has 3 aromatic rings. The summed E-state index contributed by atoms with van der Waals surface area (Å²) >= 11 is 0. The van der Waals surface area contributed by atoms with E-state index in [1.54, 1.807) is 4.90 Å². The minimum Gasteiger partial charge on any atom is -0.444 e. The Kier molecular flexibility index (Phi) is 6.63. The molecule has 1 saturated heterocycles. The molecule has 1 unspecified atom stereocenters. The van der Waals surface area contributed by atoms with Crippen molar-refractivity contribution in [1.29, 1.82) is 5.26 Å². The number of fused-ring (bicyclic) bond motifs is 1. The van der Waals surface area contributed by atoms with E-state index in [1.807, 2.05) is 51.1 Å². The van der Waals surface area contributed by atoms with E-state index in [-0.39, 0.29) is 6.09 Å². The Morgan fingerprint density at radius 1 is 1.11 bits per heavy atom. The fourth-order valence-corrected chi connectivity index (χ4v) is 5.10. The normalized spacial score (nSPS) is 17.8. The van der Waals surface area contributed by atoms with Gasteiger partial charge in [-0.25, -0.2) is 4.79 Å². The van der Waals surface area contributed by atoms with Gasteiger partial charge in [-0.3, -0.25) is 0 Å². The van der Waals surface area contributed by atoms with E-state index in [0.717, 1.165) is 53.7 Å². The molecule has 2 aliphatic heterocycles. The Bertz CT molecular complexity index is 1350. The number of nitrogens with zero attached hydrogens (tertiary/aromatic N) is 5. The minimum atomic E-state index is -0.516. The zero-order chi connectivity index (χ0) is 26.2. The van der Waals surface area contributed by atoms with E-state index >= 15 is 0 Å². The molecular weight excluding hydrogens is 466 g/mol. The van der Waals surface area contributed by atoms with Crippen LogP contribution in [-0.4, -0.2) is 45.9 Å². The van der Waals surface area contributed by atoms with Crippen molar-refractivity contribution >= 4 is 11.8 Å². The fraction of sp³-hybridized carbons (Fsp3) is 0.448. The fourth-order valence-electron chi connectivity index (χ4n) is 5.10. The molecule has 0 saturated carbocycles. The van der Waals surface area contributed by atoms with E-state index in [1.165, 1.54) is 6.42 Å². The van der Waals surface area contributed by atoms with Gasteiger partial charge in [0, 0.05) is 36.8 Å². The van der Waals surface area contributed by atoms with Crippen LogP contribution in [0, 0.1) is 11.3 Å². The molecule has 5 rings (SSSR count). The van der Waals surface area contributed by atoms with Crippen LogP contribution >= 0.6 is 0 Å². The zero-order valence-corrected chi connectivity index (χ0v) is 22.0. The van der Waals surface area contributed by atoms with Gasteiger partial charge in [0.15, 0.2) is 0 Å². The van der Waals surface area contributed by atoms with Gasteiger partial charge in [0.2, 0.25) is 5.82 Å². The largest absolute Gasteiger partial charge is 0.444 e. The van der Waals surface area contributed by atoms with Crippen LogP contribution in [0.3, 0.4) is 0 Å². The van der Waals surface area contributed by atoms with Crippen LogP contribution in [0.5, 0.6) is 0 Å². The Morgan fingerprint density at radius 3 is 2.68 bits per heavy atom. The van der Waals surface area contributed by atoms with Crippen molar-refractivity contribution in [2.75, 3.05) is 18.0 Å². The van der Waals surface area contributed by atoms with Crippen LogP contribution in [0.2, 0.25) is 0 Å². The maximum Gasteiger partial charge on any atom is 0.410 e. The van der Waals surface area contributed by atoms with Gasteiger partial charge in [0.1, 0.15) is 11.7 Å². The van der Waals surface area contributed by atoms with Crippen molar-refractivity contribution < 1.29 is 14.1 Å². The molecule has 8 heteroatoms. The Balaban J connectivity index is 1.34. The topological polar surface area (TPSA) is 95.5 Å². The van der Waals surface area contributed by atoms with Crippen LogP contribution in [0.25, 0.3) is 22.8 Å². The molecule has 8 nitrogen and oxygen atoms in total. The number of nitriles is 1. The summed E-state index contributed by atoms with van der Waals surface area (Å²) in [5, 5.41) is 14.0. The Hall–Kier alpha value is -3.86. The van der Waals surface area contributed by atoms with Crippen LogP contribution < -0.4 is 4.90 Å². The van der Waals surface area contributed by atoms with Crippen molar-refractivity contribution in [1.82, 2.24) is 15.0 Å². The van der Waals surface area contributed by atoms with Gasteiger partial charge in [0.25, 0.3) is 5.89 Å².